The Kier molecular flexibility index (Phi) is 6.57. The summed E-state index contributed by atoms with van der Waals surface area (Å²) in [5, 5.41) is 6.41. The van der Waals surface area contributed by atoms with E-state index in [2.05, 4.69) is 15.3 Å². The van der Waals surface area contributed by atoms with Crippen LogP contribution in [0.25, 0.3) is 10.6 Å². The maximum atomic E-state index is 11.9. The van der Waals surface area contributed by atoms with Crippen molar-refractivity contribution in [3.05, 3.63) is 64.9 Å². The van der Waals surface area contributed by atoms with Crippen LogP contribution < -0.4 is 10.1 Å². The normalized spacial score (nSPS) is 10.5. The zero-order valence-corrected chi connectivity index (χ0v) is 15.6. The largest absolute Gasteiger partial charge is 0.494 e. The summed E-state index contributed by atoms with van der Waals surface area (Å²) in [6, 6.07) is 11.0. The summed E-state index contributed by atoms with van der Waals surface area (Å²) in [5.74, 6) is 0.737. The van der Waals surface area contributed by atoms with E-state index in [1.807, 2.05) is 29.6 Å². The van der Waals surface area contributed by atoms with Crippen molar-refractivity contribution in [3.8, 4) is 16.3 Å². The van der Waals surface area contributed by atoms with Gasteiger partial charge in [-0.1, -0.05) is 11.6 Å². The fourth-order valence-electron chi connectivity index (χ4n) is 2.24. The number of nitrogens with zero attached hydrogens (tertiary/aromatic N) is 2. The van der Waals surface area contributed by atoms with Gasteiger partial charge in [0.05, 0.1) is 18.8 Å². The fourth-order valence-corrected chi connectivity index (χ4v) is 3.18. The van der Waals surface area contributed by atoms with Gasteiger partial charge in [-0.3, -0.25) is 9.78 Å². The summed E-state index contributed by atoms with van der Waals surface area (Å²) < 4.78 is 5.57. The van der Waals surface area contributed by atoms with Crippen molar-refractivity contribution in [1.82, 2.24) is 15.3 Å². The van der Waals surface area contributed by atoms with Gasteiger partial charge in [-0.25, -0.2) is 4.98 Å². The van der Waals surface area contributed by atoms with Gasteiger partial charge in [-0.2, -0.15) is 0 Å². The van der Waals surface area contributed by atoms with Crippen LogP contribution in [0.1, 0.15) is 18.5 Å². The number of benzene rings is 1. The molecule has 0 aliphatic rings. The van der Waals surface area contributed by atoms with Crippen LogP contribution in [0, 0.1) is 0 Å². The van der Waals surface area contributed by atoms with E-state index in [-0.39, 0.29) is 5.91 Å². The zero-order chi connectivity index (χ0) is 18.2. The number of hydrogen-bond acceptors (Lipinski definition) is 5. The van der Waals surface area contributed by atoms with Crippen LogP contribution in [-0.2, 0) is 11.3 Å². The first-order valence-corrected chi connectivity index (χ1v) is 9.46. The molecule has 7 heteroatoms. The summed E-state index contributed by atoms with van der Waals surface area (Å²) in [7, 11) is 0. The third-order valence-electron chi connectivity index (χ3n) is 3.56. The number of hydrogen-bond donors (Lipinski definition) is 1. The maximum absolute atomic E-state index is 11.9. The predicted molar refractivity (Wildman–Crippen MR) is 103 cm³/mol. The minimum atomic E-state index is -0.0133. The number of pyridine rings is 1. The van der Waals surface area contributed by atoms with Crippen molar-refractivity contribution >= 4 is 28.8 Å². The number of aromatic nitrogens is 2. The van der Waals surface area contributed by atoms with E-state index in [1.165, 1.54) is 0 Å². The lowest BCUT2D eigenvalue weighted by atomic mass is 10.3. The number of ether oxygens (including phenoxy) is 1. The Balaban J connectivity index is 1.36. The molecule has 2 heterocycles. The minimum absolute atomic E-state index is 0.0133. The molecule has 1 amide bonds. The van der Waals surface area contributed by atoms with Crippen molar-refractivity contribution < 1.29 is 9.53 Å². The lowest BCUT2D eigenvalue weighted by molar-refractivity contribution is -0.121. The van der Waals surface area contributed by atoms with E-state index < -0.39 is 0 Å². The van der Waals surface area contributed by atoms with Gasteiger partial charge in [0.15, 0.2) is 0 Å². The van der Waals surface area contributed by atoms with Crippen LogP contribution in [0.2, 0.25) is 5.02 Å². The predicted octanol–water partition coefficient (Wildman–Crippen LogP) is 4.33. The Morgan fingerprint density at radius 1 is 1.23 bits per heavy atom. The lowest BCUT2D eigenvalue weighted by Crippen LogP contribution is -2.23. The molecule has 0 unspecified atom stereocenters. The van der Waals surface area contributed by atoms with Gasteiger partial charge >= 0.3 is 0 Å². The van der Waals surface area contributed by atoms with Gasteiger partial charge in [0.1, 0.15) is 10.8 Å². The number of halogens is 1. The highest BCUT2D eigenvalue weighted by Gasteiger charge is 2.07. The maximum Gasteiger partial charge on any atom is 0.220 e. The number of amides is 1. The highest BCUT2D eigenvalue weighted by Crippen LogP contribution is 2.22. The van der Waals surface area contributed by atoms with E-state index >= 15 is 0 Å². The van der Waals surface area contributed by atoms with E-state index in [9.17, 15) is 4.79 Å². The van der Waals surface area contributed by atoms with Crippen LogP contribution >= 0.6 is 22.9 Å². The molecule has 0 aliphatic heterocycles. The van der Waals surface area contributed by atoms with Gasteiger partial charge in [0, 0.05) is 34.8 Å². The molecule has 3 aromatic rings. The number of nitrogens with one attached hydrogen (secondary N) is 1. The van der Waals surface area contributed by atoms with E-state index in [0.717, 1.165) is 22.0 Å². The van der Waals surface area contributed by atoms with E-state index in [0.29, 0.717) is 31.0 Å². The number of carbonyl (C=O) groups excluding carboxylic acids is 1. The molecular formula is C19H18ClN3O2S. The standard InChI is InChI=1S/C19H18ClN3O2S/c20-15-5-7-17(8-6-15)25-10-2-4-18(24)22-12-16-13-26-19(23-16)14-3-1-9-21-11-14/h1,3,5-9,11,13H,2,4,10,12H2,(H,22,24). The van der Waals surface area contributed by atoms with Crippen LogP contribution in [-0.4, -0.2) is 22.5 Å². The first kappa shape index (κ1) is 18.4. The summed E-state index contributed by atoms with van der Waals surface area (Å²) in [6.07, 6.45) is 4.57. The monoisotopic (exact) mass is 387 g/mol. The highest BCUT2D eigenvalue weighted by molar-refractivity contribution is 7.13. The highest BCUT2D eigenvalue weighted by atomic mass is 35.5. The Morgan fingerprint density at radius 2 is 2.08 bits per heavy atom. The van der Waals surface area contributed by atoms with Gasteiger partial charge in [0.25, 0.3) is 0 Å². The van der Waals surface area contributed by atoms with Gasteiger partial charge in [-0.15, -0.1) is 11.3 Å². The second-order valence-electron chi connectivity index (χ2n) is 5.57. The molecule has 1 N–H and O–H groups in total. The van der Waals surface area contributed by atoms with Crippen molar-refractivity contribution in [2.24, 2.45) is 0 Å². The molecule has 0 aliphatic carbocycles. The topological polar surface area (TPSA) is 64.1 Å². The van der Waals surface area contributed by atoms with Gasteiger partial charge < -0.3 is 10.1 Å². The van der Waals surface area contributed by atoms with Gasteiger partial charge in [-0.05, 0) is 42.8 Å². The third kappa shape index (κ3) is 5.54. The molecular weight excluding hydrogens is 370 g/mol. The average Bonchev–Trinajstić information content (AvgIpc) is 3.15. The minimum Gasteiger partial charge on any atom is -0.494 e. The molecule has 0 fully saturated rings. The molecule has 1 aromatic carbocycles. The van der Waals surface area contributed by atoms with Crippen LogP contribution in [0.5, 0.6) is 5.75 Å². The molecule has 0 bridgehead atoms. The molecule has 134 valence electrons. The second-order valence-corrected chi connectivity index (χ2v) is 6.86. The van der Waals surface area contributed by atoms with E-state index in [1.54, 1.807) is 35.9 Å². The Bertz CT molecular complexity index is 838. The Morgan fingerprint density at radius 3 is 2.85 bits per heavy atom. The molecule has 2 aromatic heterocycles. The summed E-state index contributed by atoms with van der Waals surface area (Å²) in [6.45, 7) is 0.907. The summed E-state index contributed by atoms with van der Waals surface area (Å²) in [4.78, 5) is 20.5. The average molecular weight is 388 g/mol. The molecule has 26 heavy (non-hydrogen) atoms. The molecule has 0 spiro atoms. The first-order valence-electron chi connectivity index (χ1n) is 8.20. The van der Waals surface area contributed by atoms with Crippen molar-refractivity contribution in [3.63, 3.8) is 0 Å². The molecule has 0 atom stereocenters. The van der Waals surface area contributed by atoms with Crippen LogP contribution in [0.3, 0.4) is 0 Å². The zero-order valence-electron chi connectivity index (χ0n) is 14.0. The fraction of sp³-hybridized carbons (Fsp3) is 0.211. The smallest absolute Gasteiger partial charge is 0.220 e. The number of rotatable bonds is 8. The Hall–Kier alpha value is -2.44. The molecule has 0 saturated carbocycles. The lowest BCUT2D eigenvalue weighted by Gasteiger charge is -2.06. The van der Waals surface area contributed by atoms with Crippen LogP contribution in [0.15, 0.2) is 54.2 Å². The molecule has 0 saturated heterocycles. The van der Waals surface area contributed by atoms with Gasteiger partial charge in [0.2, 0.25) is 5.91 Å². The second kappa shape index (κ2) is 9.31. The third-order valence-corrected chi connectivity index (χ3v) is 4.75. The van der Waals surface area contributed by atoms with Crippen LogP contribution in [0.4, 0.5) is 0 Å². The first-order chi connectivity index (χ1) is 12.7. The number of thiazole rings is 1. The quantitative estimate of drug-likeness (QED) is 0.584. The summed E-state index contributed by atoms with van der Waals surface area (Å²) >= 11 is 7.36. The van der Waals surface area contributed by atoms with Crippen molar-refractivity contribution in [2.75, 3.05) is 6.61 Å². The molecule has 5 nitrogen and oxygen atoms in total. The van der Waals surface area contributed by atoms with Crippen molar-refractivity contribution in [1.29, 1.82) is 0 Å². The van der Waals surface area contributed by atoms with E-state index in [4.69, 9.17) is 16.3 Å². The summed E-state index contributed by atoms with van der Waals surface area (Å²) in [5.41, 5.74) is 1.83. The molecule has 3 rings (SSSR count). The SMILES string of the molecule is O=C(CCCOc1ccc(Cl)cc1)NCc1csc(-c2cccnc2)n1. The molecule has 0 radical (unpaired) electrons. The number of carbonyl (C=O) groups is 1. The Labute approximate surface area is 161 Å². The van der Waals surface area contributed by atoms with Crippen molar-refractivity contribution in [2.45, 2.75) is 19.4 Å².